The van der Waals surface area contributed by atoms with Gasteiger partial charge in [0.25, 0.3) is 0 Å². The predicted molar refractivity (Wildman–Crippen MR) is 86.8 cm³/mol. The summed E-state index contributed by atoms with van der Waals surface area (Å²) in [7, 11) is 0. The Morgan fingerprint density at radius 1 is 0.800 bits per heavy atom. The summed E-state index contributed by atoms with van der Waals surface area (Å²) in [5.41, 5.74) is 4.12. The van der Waals surface area contributed by atoms with E-state index in [1.54, 1.807) is 0 Å². The lowest BCUT2D eigenvalue weighted by molar-refractivity contribution is 0.494. The van der Waals surface area contributed by atoms with Crippen LogP contribution in [0.4, 0.5) is 0 Å². The highest BCUT2D eigenvalue weighted by Crippen LogP contribution is 2.19. The first-order chi connectivity index (χ1) is 9.70. The lowest BCUT2D eigenvalue weighted by atomic mass is 10.0. The molecule has 0 saturated heterocycles. The first kappa shape index (κ1) is 14.8. The zero-order valence-corrected chi connectivity index (χ0v) is 12.8. The molecule has 0 heterocycles. The number of rotatable bonds is 6. The Kier molecular flexibility index (Phi) is 5.37. The van der Waals surface area contributed by atoms with E-state index in [-0.39, 0.29) is 0 Å². The lowest BCUT2D eigenvalue weighted by Crippen LogP contribution is -2.22. The Hall–Kier alpha value is -1.60. The van der Waals surface area contributed by atoms with Crippen LogP contribution in [0.1, 0.15) is 56.0 Å². The highest BCUT2D eigenvalue weighted by atomic mass is 14.9. The van der Waals surface area contributed by atoms with Crippen LogP contribution >= 0.6 is 0 Å². The predicted octanol–water partition coefficient (Wildman–Crippen LogP) is 5.05. The second-order valence-corrected chi connectivity index (χ2v) is 5.51. The van der Waals surface area contributed by atoms with E-state index in [1.165, 1.54) is 29.5 Å². The zero-order chi connectivity index (χ0) is 14.4. The molecule has 20 heavy (non-hydrogen) atoms. The van der Waals surface area contributed by atoms with Crippen molar-refractivity contribution in [1.29, 1.82) is 0 Å². The molecule has 0 bridgehead atoms. The molecule has 106 valence electrons. The summed E-state index contributed by atoms with van der Waals surface area (Å²) >= 11 is 0. The standard InChI is InChI=1S/C19H25N/c1-4-8-17-11-13-19(14-12-17)16(3)20-15(2)18-9-6-5-7-10-18/h5-7,9-16,20H,4,8H2,1-3H3/t15-,16?/m0/s1. The summed E-state index contributed by atoms with van der Waals surface area (Å²) in [6, 6.07) is 20.3. The van der Waals surface area contributed by atoms with Crippen molar-refractivity contribution < 1.29 is 0 Å². The minimum Gasteiger partial charge on any atom is -0.304 e. The largest absolute Gasteiger partial charge is 0.304 e. The van der Waals surface area contributed by atoms with Gasteiger partial charge in [-0.1, -0.05) is 67.9 Å². The fourth-order valence-electron chi connectivity index (χ4n) is 2.57. The van der Waals surface area contributed by atoms with Gasteiger partial charge in [0.1, 0.15) is 0 Å². The first-order valence-corrected chi connectivity index (χ1v) is 7.60. The molecule has 2 rings (SSSR count). The molecule has 2 aromatic rings. The van der Waals surface area contributed by atoms with Crippen LogP contribution in [0, 0.1) is 0 Å². The highest BCUT2D eigenvalue weighted by Gasteiger charge is 2.10. The van der Waals surface area contributed by atoms with Crippen molar-refractivity contribution in [1.82, 2.24) is 5.32 Å². The van der Waals surface area contributed by atoms with Gasteiger partial charge in [-0.25, -0.2) is 0 Å². The van der Waals surface area contributed by atoms with Crippen LogP contribution in [-0.2, 0) is 6.42 Å². The monoisotopic (exact) mass is 267 g/mol. The van der Waals surface area contributed by atoms with Crippen molar-refractivity contribution in [2.24, 2.45) is 0 Å². The molecule has 2 atom stereocenters. The van der Waals surface area contributed by atoms with Crippen LogP contribution in [0.3, 0.4) is 0 Å². The van der Waals surface area contributed by atoms with Gasteiger partial charge < -0.3 is 5.32 Å². The van der Waals surface area contributed by atoms with Gasteiger partial charge >= 0.3 is 0 Å². The van der Waals surface area contributed by atoms with Crippen LogP contribution < -0.4 is 5.32 Å². The van der Waals surface area contributed by atoms with Crippen LogP contribution in [-0.4, -0.2) is 0 Å². The van der Waals surface area contributed by atoms with Gasteiger partial charge in [0.15, 0.2) is 0 Å². The van der Waals surface area contributed by atoms with Gasteiger partial charge in [0, 0.05) is 12.1 Å². The lowest BCUT2D eigenvalue weighted by Gasteiger charge is -2.21. The van der Waals surface area contributed by atoms with Crippen molar-refractivity contribution >= 4 is 0 Å². The molecule has 1 unspecified atom stereocenters. The maximum atomic E-state index is 3.66. The van der Waals surface area contributed by atoms with Gasteiger partial charge in [-0.2, -0.15) is 0 Å². The van der Waals surface area contributed by atoms with E-state index in [9.17, 15) is 0 Å². The van der Waals surface area contributed by atoms with E-state index in [2.05, 4.69) is 80.7 Å². The summed E-state index contributed by atoms with van der Waals surface area (Å²) in [6.07, 6.45) is 2.38. The normalized spacial score (nSPS) is 13.9. The smallest absolute Gasteiger partial charge is 0.0297 e. The molecule has 0 amide bonds. The molecule has 0 radical (unpaired) electrons. The molecule has 0 aliphatic rings. The maximum Gasteiger partial charge on any atom is 0.0297 e. The van der Waals surface area contributed by atoms with Crippen molar-refractivity contribution in [2.75, 3.05) is 0 Å². The van der Waals surface area contributed by atoms with E-state index in [1.807, 2.05) is 0 Å². The third-order valence-corrected chi connectivity index (χ3v) is 3.82. The Bertz CT molecular complexity index is 501. The second kappa shape index (κ2) is 7.25. The average molecular weight is 267 g/mol. The van der Waals surface area contributed by atoms with Gasteiger partial charge in [-0.15, -0.1) is 0 Å². The van der Waals surface area contributed by atoms with E-state index < -0.39 is 0 Å². The molecule has 0 spiro atoms. The molecule has 0 aromatic heterocycles. The van der Waals surface area contributed by atoms with Crippen molar-refractivity contribution in [2.45, 2.75) is 45.7 Å². The summed E-state index contributed by atoms with van der Waals surface area (Å²) in [5.74, 6) is 0. The van der Waals surface area contributed by atoms with E-state index in [0.717, 1.165) is 0 Å². The summed E-state index contributed by atoms with van der Waals surface area (Å²) < 4.78 is 0. The highest BCUT2D eigenvalue weighted by molar-refractivity contribution is 5.25. The topological polar surface area (TPSA) is 12.0 Å². The van der Waals surface area contributed by atoms with Crippen molar-refractivity contribution in [3.05, 3.63) is 71.3 Å². The summed E-state index contributed by atoms with van der Waals surface area (Å²) in [4.78, 5) is 0. The van der Waals surface area contributed by atoms with Crippen LogP contribution in [0.15, 0.2) is 54.6 Å². The van der Waals surface area contributed by atoms with Gasteiger partial charge in [0.05, 0.1) is 0 Å². The third kappa shape index (κ3) is 3.94. The molecular formula is C19H25N. The summed E-state index contributed by atoms with van der Waals surface area (Å²) in [5, 5.41) is 3.66. The second-order valence-electron chi connectivity index (χ2n) is 5.51. The molecule has 0 aliphatic heterocycles. The number of hydrogen-bond donors (Lipinski definition) is 1. The number of benzene rings is 2. The molecule has 1 heteroatoms. The third-order valence-electron chi connectivity index (χ3n) is 3.82. The molecule has 2 aromatic carbocycles. The molecule has 0 aliphatic carbocycles. The SMILES string of the molecule is CCCc1ccc(C(C)N[C@@H](C)c2ccccc2)cc1. The van der Waals surface area contributed by atoms with Gasteiger partial charge in [-0.05, 0) is 37.0 Å². The van der Waals surface area contributed by atoms with E-state index >= 15 is 0 Å². The van der Waals surface area contributed by atoms with E-state index in [0.29, 0.717) is 12.1 Å². The van der Waals surface area contributed by atoms with Crippen LogP contribution in [0.2, 0.25) is 0 Å². The van der Waals surface area contributed by atoms with Gasteiger partial charge in [-0.3, -0.25) is 0 Å². The minimum absolute atomic E-state index is 0.362. The molecular weight excluding hydrogens is 242 g/mol. The maximum absolute atomic E-state index is 3.66. The molecule has 0 saturated carbocycles. The zero-order valence-electron chi connectivity index (χ0n) is 12.8. The van der Waals surface area contributed by atoms with Crippen LogP contribution in [0.25, 0.3) is 0 Å². The minimum atomic E-state index is 0.362. The Balaban J connectivity index is 1.99. The Morgan fingerprint density at radius 2 is 1.35 bits per heavy atom. The fraction of sp³-hybridized carbons (Fsp3) is 0.368. The molecule has 0 fully saturated rings. The number of aryl methyl sites for hydroxylation is 1. The van der Waals surface area contributed by atoms with Crippen molar-refractivity contribution in [3.63, 3.8) is 0 Å². The Labute approximate surface area is 123 Å². The van der Waals surface area contributed by atoms with Gasteiger partial charge in [0.2, 0.25) is 0 Å². The average Bonchev–Trinajstić information content (AvgIpc) is 2.49. The van der Waals surface area contributed by atoms with Crippen molar-refractivity contribution in [3.8, 4) is 0 Å². The van der Waals surface area contributed by atoms with Crippen LogP contribution in [0.5, 0.6) is 0 Å². The first-order valence-electron chi connectivity index (χ1n) is 7.60. The number of nitrogens with one attached hydrogen (secondary N) is 1. The quantitative estimate of drug-likeness (QED) is 0.772. The summed E-state index contributed by atoms with van der Waals surface area (Å²) in [6.45, 7) is 6.67. The molecule has 1 N–H and O–H groups in total. The number of hydrogen-bond acceptors (Lipinski definition) is 1. The molecule has 1 nitrogen and oxygen atoms in total. The fourth-order valence-corrected chi connectivity index (χ4v) is 2.57. The Morgan fingerprint density at radius 3 is 1.90 bits per heavy atom. The van der Waals surface area contributed by atoms with E-state index in [4.69, 9.17) is 0 Å².